The van der Waals surface area contributed by atoms with Gasteiger partial charge in [0.1, 0.15) is 17.3 Å². The van der Waals surface area contributed by atoms with Gasteiger partial charge in [0.25, 0.3) is 5.91 Å². The average molecular weight is 426 g/mol. The SMILES string of the molecule is N#CC(=Cc1cn(-c2ccccc2)nc1-c1cccnc1)C(=O)Nc1ccccc1Cl. The van der Waals surface area contributed by atoms with Crippen LogP contribution in [-0.2, 0) is 4.79 Å². The number of anilines is 1. The van der Waals surface area contributed by atoms with Crippen LogP contribution in [0.4, 0.5) is 5.69 Å². The van der Waals surface area contributed by atoms with Gasteiger partial charge in [-0.15, -0.1) is 0 Å². The smallest absolute Gasteiger partial charge is 0.266 e. The third kappa shape index (κ3) is 4.53. The highest BCUT2D eigenvalue weighted by atomic mass is 35.5. The number of hydrogen-bond acceptors (Lipinski definition) is 4. The van der Waals surface area contributed by atoms with E-state index in [1.165, 1.54) is 6.08 Å². The number of carbonyl (C=O) groups is 1. The van der Waals surface area contributed by atoms with Crippen molar-refractivity contribution < 1.29 is 4.79 Å². The van der Waals surface area contributed by atoms with Crippen LogP contribution in [0.2, 0.25) is 5.02 Å². The number of rotatable bonds is 5. The van der Waals surface area contributed by atoms with Crippen LogP contribution in [0, 0.1) is 11.3 Å². The zero-order chi connectivity index (χ0) is 21.6. The van der Waals surface area contributed by atoms with E-state index in [1.807, 2.05) is 42.5 Å². The van der Waals surface area contributed by atoms with Crippen molar-refractivity contribution >= 4 is 29.3 Å². The van der Waals surface area contributed by atoms with Crippen molar-refractivity contribution in [2.45, 2.75) is 0 Å². The summed E-state index contributed by atoms with van der Waals surface area (Å²) in [5, 5.41) is 17.4. The lowest BCUT2D eigenvalue weighted by molar-refractivity contribution is -0.112. The van der Waals surface area contributed by atoms with Crippen molar-refractivity contribution in [1.82, 2.24) is 14.8 Å². The lowest BCUT2D eigenvalue weighted by atomic mass is 10.1. The molecule has 7 heteroatoms. The molecule has 0 saturated carbocycles. The number of para-hydroxylation sites is 2. The van der Waals surface area contributed by atoms with E-state index in [9.17, 15) is 10.1 Å². The molecule has 0 unspecified atom stereocenters. The van der Waals surface area contributed by atoms with E-state index >= 15 is 0 Å². The van der Waals surface area contributed by atoms with E-state index < -0.39 is 5.91 Å². The quantitative estimate of drug-likeness (QED) is 0.354. The lowest BCUT2D eigenvalue weighted by Crippen LogP contribution is -2.13. The maximum absolute atomic E-state index is 12.7. The van der Waals surface area contributed by atoms with Crippen molar-refractivity contribution in [3.05, 3.63) is 101 Å². The van der Waals surface area contributed by atoms with Gasteiger partial charge in [-0.1, -0.05) is 41.9 Å². The van der Waals surface area contributed by atoms with Crippen LogP contribution < -0.4 is 5.32 Å². The van der Waals surface area contributed by atoms with Gasteiger partial charge in [-0.25, -0.2) is 4.68 Å². The molecule has 0 spiro atoms. The van der Waals surface area contributed by atoms with Crippen LogP contribution in [0.25, 0.3) is 23.0 Å². The van der Waals surface area contributed by atoms with Gasteiger partial charge in [0.05, 0.1) is 16.4 Å². The fraction of sp³-hybridized carbons (Fsp3) is 0. The van der Waals surface area contributed by atoms with Gasteiger partial charge < -0.3 is 5.32 Å². The fourth-order valence-electron chi connectivity index (χ4n) is 2.99. The predicted molar refractivity (Wildman–Crippen MR) is 120 cm³/mol. The molecule has 0 saturated heterocycles. The van der Waals surface area contributed by atoms with E-state index in [2.05, 4.69) is 15.4 Å². The first kappa shape index (κ1) is 20.1. The number of hydrogen-bond donors (Lipinski definition) is 1. The summed E-state index contributed by atoms with van der Waals surface area (Å²) >= 11 is 6.12. The Bertz CT molecular complexity index is 1290. The van der Waals surface area contributed by atoms with E-state index in [0.717, 1.165) is 11.3 Å². The molecule has 4 aromatic rings. The number of aromatic nitrogens is 3. The minimum Gasteiger partial charge on any atom is -0.320 e. The molecule has 2 aromatic carbocycles. The Labute approximate surface area is 184 Å². The summed E-state index contributed by atoms with van der Waals surface area (Å²) in [5.74, 6) is -0.555. The van der Waals surface area contributed by atoms with Crippen molar-refractivity contribution in [3.8, 4) is 23.0 Å². The van der Waals surface area contributed by atoms with E-state index in [4.69, 9.17) is 11.6 Å². The Hall–Kier alpha value is -4.21. The first-order chi connectivity index (χ1) is 15.2. The standard InChI is InChI=1S/C24H16ClN5O/c25-21-10-4-5-11-22(21)28-24(31)18(14-26)13-19-16-30(20-8-2-1-3-9-20)29-23(19)17-7-6-12-27-15-17/h1-13,15-16H,(H,28,31). The molecule has 1 amide bonds. The van der Waals surface area contributed by atoms with Gasteiger partial charge in [-0.3, -0.25) is 9.78 Å². The molecule has 0 aliphatic heterocycles. The second-order valence-electron chi connectivity index (χ2n) is 6.56. The van der Waals surface area contributed by atoms with Crippen LogP contribution in [-0.4, -0.2) is 20.7 Å². The molecule has 150 valence electrons. The maximum atomic E-state index is 12.7. The second-order valence-corrected chi connectivity index (χ2v) is 6.97. The third-order valence-electron chi connectivity index (χ3n) is 4.49. The fourth-order valence-corrected chi connectivity index (χ4v) is 3.17. The Kier molecular flexibility index (Phi) is 5.88. The molecule has 1 N–H and O–H groups in total. The zero-order valence-corrected chi connectivity index (χ0v) is 17.0. The minimum atomic E-state index is -0.555. The number of nitrogens with zero attached hydrogens (tertiary/aromatic N) is 4. The van der Waals surface area contributed by atoms with Crippen LogP contribution in [0.5, 0.6) is 0 Å². The Balaban J connectivity index is 1.75. The van der Waals surface area contributed by atoms with Gasteiger partial charge in [-0.2, -0.15) is 10.4 Å². The summed E-state index contributed by atoms with van der Waals surface area (Å²) < 4.78 is 1.70. The number of benzene rings is 2. The number of nitrogens with one attached hydrogen (secondary N) is 1. The van der Waals surface area contributed by atoms with Gasteiger partial charge in [-0.05, 0) is 42.5 Å². The first-order valence-corrected chi connectivity index (χ1v) is 9.76. The summed E-state index contributed by atoms with van der Waals surface area (Å²) in [6.45, 7) is 0. The average Bonchev–Trinajstić information content (AvgIpc) is 3.24. The molecule has 2 aromatic heterocycles. The predicted octanol–water partition coefficient (Wildman–Crippen LogP) is 5.13. The molecular formula is C24H16ClN5O. The highest BCUT2D eigenvalue weighted by molar-refractivity contribution is 6.34. The Morgan fingerprint density at radius 2 is 1.84 bits per heavy atom. The minimum absolute atomic E-state index is 0.0716. The van der Waals surface area contributed by atoms with Crippen molar-refractivity contribution in [3.63, 3.8) is 0 Å². The zero-order valence-electron chi connectivity index (χ0n) is 16.2. The largest absolute Gasteiger partial charge is 0.320 e. The topological polar surface area (TPSA) is 83.6 Å². The summed E-state index contributed by atoms with van der Waals surface area (Å²) in [5.41, 5.74) is 3.21. The molecule has 0 atom stereocenters. The maximum Gasteiger partial charge on any atom is 0.266 e. The van der Waals surface area contributed by atoms with Crippen LogP contribution in [0.3, 0.4) is 0 Å². The molecular weight excluding hydrogens is 410 g/mol. The van der Waals surface area contributed by atoms with E-state index in [-0.39, 0.29) is 5.57 Å². The number of amides is 1. The number of carbonyl (C=O) groups excluding carboxylic acids is 1. The van der Waals surface area contributed by atoms with E-state index in [0.29, 0.717) is 22.0 Å². The number of pyridine rings is 1. The summed E-state index contributed by atoms with van der Waals surface area (Å²) in [7, 11) is 0. The van der Waals surface area contributed by atoms with Gasteiger partial charge in [0.15, 0.2) is 0 Å². The van der Waals surface area contributed by atoms with Gasteiger partial charge >= 0.3 is 0 Å². The monoisotopic (exact) mass is 425 g/mol. The summed E-state index contributed by atoms with van der Waals surface area (Å²) in [6, 6.07) is 22.1. The molecule has 6 nitrogen and oxygen atoms in total. The molecule has 31 heavy (non-hydrogen) atoms. The van der Waals surface area contributed by atoms with Gasteiger partial charge in [0.2, 0.25) is 0 Å². The molecule has 2 heterocycles. The third-order valence-corrected chi connectivity index (χ3v) is 4.81. The molecule has 0 aliphatic carbocycles. The molecule has 0 radical (unpaired) electrons. The van der Waals surface area contributed by atoms with Crippen molar-refractivity contribution in [2.24, 2.45) is 0 Å². The van der Waals surface area contributed by atoms with E-state index in [1.54, 1.807) is 53.6 Å². The molecule has 4 rings (SSSR count). The number of halogens is 1. The number of nitriles is 1. The summed E-state index contributed by atoms with van der Waals surface area (Å²) in [6.07, 6.45) is 6.65. The van der Waals surface area contributed by atoms with Gasteiger partial charge in [0, 0.05) is 29.7 Å². The first-order valence-electron chi connectivity index (χ1n) is 9.39. The highest BCUT2D eigenvalue weighted by Crippen LogP contribution is 2.26. The molecule has 0 aliphatic rings. The van der Waals surface area contributed by atoms with Crippen LogP contribution in [0.1, 0.15) is 5.56 Å². The lowest BCUT2D eigenvalue weighted by Gasteiger charge is -2.06. The highest BCUT2D eigenvalue weighted by Gasteiger charge is 2.16. The normalized spacial score (nSPS) is 11.0. The van der Waals surface area contributed by atoms with Crippen LogP contribution in [0.15, 0.2) is 90.9 Å². The Morgan fingerprint density at radius 1 is 1.06 bits per heavy atom. The van der Waals surface area contributed by atoms with Crippen molar-refractivity contribution in [2.75, 3.05) is 5.32 Å². The van der Waals surface area contributed by atoms with Crippen molar-refractivity contribution in [1.29, 1.82) is 5.26 Å². The Morgan fingerprint density at radius 3 is 2.55 bits per heavy atom. The second kappa shape index (κ2) is 9.08. The molecule has 0 bridgehead atoms. The summed E-state index contributed by atoms with van der Waals surface area (Å²) in [4.78, 5) is 16.9. The van der Waals surface area contributed by atoms with Crippen LogP contribution >= 0.6 is 11.6 Å². The molecule has 0 fully saturated rings.